The van der Waals surface area contributed by atoms with Gasteiger partial charge in [0.15, 0.2) is 0 Å². The van der Waals surface area contributed by atoms with Gasteiger partial charge in [0.2, 0.25) is 0 Å². The van der Waals surface area contributed by atoms with Crippen molar-refractivity contribution in [2.45, 2.75) is 65.7 Å². The van der Waals surface area contributed by atoms with E-state index in [0.717, 1.165) is 17.8 Å². The van der Waals surface area contributed by atoms with E-state index < -0.39 is 0 Å². The SMILES string of the molecule is CCC(C)n1ncc(NC(=O)N2CC(C)OC(C)(C)C2)c1C. The second-order valence-electron chi connectivity index (χ2n) is 6.84. The molecule has 6 heteroatoms. The molecule has 1 aliphatic rings. The van der Waals surface area contributed by atoms with E-state index in [1.807, 2.05) is 37.3 Å². The molecule has 0 aliphatic carbocycles. The van der Waals surface area contributed by atoms with E-state index in [1.54, 1.807) is 6.20 Å². The lowest BCUT2D eigenvalue weighted by Crippen LogP contribution is -2.54. The fourth-order valence-corrected chi connectivity index (χ4v) is 2.97. The molecule has 1 aromatic rings. The average Bonchev–Trinajstić information content (AvgIpc) is 2.77. The zero-order valence-corrected chi connectivity index (χ0v) is 14.5. The second-order valence-corrected chi connectivity index (χ2v) is 6.84. The number of urea groups is 1. The number of ether oxygens (including phenoxy) is 1. The molecule has 0 aromatic carbocycles. The molecule has 124 valence electrons. The Morgan fingerprint density at radius 1 is 1.59 bits per heavy atom. The summed E-state index contributed by atoms with van der Waals surface area (Å²) in [6.45, 7) is 13.4. The Balaban J connectivity index is 2.08. The topological polar surface area (TPSA) is 59.4 Å². The minimum absolute atomic E-state index is 0.0402. The highest BCUT2D eigenvalue weighted by molar-refractivity contribution is 5.89. The van der Waals surface area contributed by atoms with Crippen molar-refractivity contribution in [3.8, 4) is 0 Å². The van der Waals surface area contributed by atoms with Gasteiger partial charge < -0.3 is 15.0 Å². The van der Waals surface area contributed by atoms with Gasteiger partial charge in [-0.2, -0.15) is 5.10 Å². The van der Waals surface area contributed by atoms with E-state index >= 15 is 0 Å². The maximum absolute atomic E-state index is 12.5. The molecule has 1 fully saturated rings. The summed E-state index contributed by atoms with van der Waals surface area (Å²) >= 11 is 0. The van der Waals surface area contributed by atoms with Gasteiger partial charge in [-0.25, -0.2) is 4.79 Å². The van der Waals surface area contributed by atoms with E-state index in [-0.39, 0.29) is 17.7 Å². The molecular weight excluding hydrogens is 280 g/mol. The molecule has 6 nitrogen and oxygen atoms in total. The predicted octanol–water partition coefficient (Wildman–Crippen LogP) is 3.19. The molecule has 0 bridgehead atoms. The smallest absolute Gasteiger partial charge is 0.322 e. The van der Waals surface area contributed by atoms with Crippen molar-refractivity contribution in [2.24, 2.45) is 0 Å². The van der Waals surface area contributed by atoms with Gasteiger partial charge in [0.1, 0.15) is 0 Å². The minimum atomic E-state index is -0.315. The van der Waals surface area contributed by atoms with Crippen LogP contribution in [0, 0.1) is 6.92 Å². The van der Waals surface area contributed by atoms with Crippen LogP contribution in [-0.4, -0.2) is 45.5 Å². The summed E-state index contributed by atoms with van der Waals surface area (Å²) in [5, 5.41) is 7.37. The van der Waals surface area contributed by atoms with Gasteiger partial charge >= 0.3 is 6.03 Å². The summed E-state index contributed by atoms with van der Waals surface area (Å²) in [7, 11) is 0. The first-order valence-corrected chi connectivity index (χ1v) is 8.01. The largest absolute Gasteiger partial charge is 0.369 e. The molecule has 1 aliphatic heterocycles. The Morgan fingerprint density at radius 3 is 2.86 bits per heavy atom. The number of hydrogen-bond acceptors (Lipinski definition) is 3. The van der Waals surface area contributed by atoms with Crippen LogP contribution in [0.1, 0.15) is 52.8 Å². The maximum Gasteiger partial charge on any atom is 0.322 e. The Hall–Kier alpha value is -1.56. The van der Waals surface area contributed by atoms with Crippen LogP contribution >= 0.6 is 0 Å². The van der Waals surface area contributed by atoms with Crippen LogP contribution in [-0.2, 0) is 4.74 Å². The van der Waals surface area contributed by atoms with Crippen LogP contribution < -0.4 is 5.32 Å². The number of amides is 2. The van der Waals surface area contributed by atoms with Gasteiger partial charge in [0, 0.05) is 12.6 Å². The molecule has 22 heavy (non-hydrogen) atoms. The van der Waals surface area contributed by atoms with Crippen LogP contribution in [0.5, 0.6) is 0 Å². The Labute approximate surface area is 132 Å². The highest BCUT2D eigenvalue weighted by Crippen LogP contribution is 2.23. The Kier molecular flexibility index (Phi) is 4.80. The van der Waals surface area contributed by atoms with Crippen LogP contribution in [0.4, 0.5) is 10.5 Å². The summed E-state index contributed by atoms with van der Waals surface area (Å²) in [4.78, 5) is 14.3. The number of carbonyl (C=O) groups is 1. The van der Waals surface area contributed by atoms with Crippen LogP contribution in [0.25, 0.3) is 0 Å². The first kappa shape index (κ1) is 16.8. The first-order chi connectivity index (χ1) is 10.2. The summed E-state index contributed by atoms with van der Waals surface area (Å²) in [5.41, 5.74) is 1.45. The fraction of sp³-hybridized carbons (Fsp3) is 0.750. The third-order valence-corrected chi connectivity index (χ3v) is 4.15. The monoisotopic (exact) mass is 308 g/mol. The molecule has 0 spiro atoms. The number of hydrogen-bond donors (Lipinski definition) is 1. The van der Waals surface area contributed by atoms with Gasteiger partial charge in [-0.1, -0.05) is 6.92 Å². The fourth-order valence-electron chi connectivity index (χ4n) is 2.97. The van der Waals surface area contributed by atoms with Crippen molar-refractivity contribution in [1.29, 1.82) is 0 Å². The highest BCUT2D eigenvalue weighted by Gasteiger charge is 2.34. The van der Waals surface area contributed by atoms with Crippen molar-refractivity contribution in [2.75, 3.05) is 18.4 Å². The van der Waals surface area contributed by atoms with Crippen LogP contribution in [0.15, 0.2) is 6.20 Å². The third kappa shape index (κ3) is 3.61. The number of morpholine rings is 1. The average molecular weight is 308 g/mol. The molecule has 2 atom stereocenters. The number of nitrogens with one attached hydrogen (secondary N) is 1. The standard InChI is InChI=1S/C16H28N4O2/c1-7-11(2)20-13(4)14(8-17-20)18-15(21)19-9-12(3)22-16(5,6)10-19/h8,11-12H,7,9-10H2,1-6H3,(H,18,21). The van der Waals surface area contributed by atoms with E-state index in [9.17, 15) is 4.79 Å². The maximum atomic E-state index is 12.5. The summed E-state index contributed by atoms with van der Waals surface area (Å²) in [5.74, 6) is 0. The van der Waals surface area contributed by atoms with Crippen molar-refractivity contribution < 1.29 is 9.53 Å². The minimum Gasteiger partial charge on any atom is -0.369 e. The quantitative estimate of drug-likeness (QED) is 0.933. The third-order valence-electron chi connectivity index (χ3n) is 4.15. The van der Waals surface area contributed by atoms with Gasteiger partial charge in [0.05, 0.1) is 35.8 Å². The van der Waals surface area contributed by atoms with Crippen molar-refractivity contribution >= 4 is 11.7 Å². The van der Waals surface area contributed by atoms with E-state index in [1.165, 1.54) is 0 Å². The second kappa shape index (κ2) is 6.28. The molecule has 1 saturated heterocycles. The molecule has 1 aromatic heterocycles. The van der Waals surface area contributed by atoms with Gasteiger partial charge in [0.25, 0.3) is 0 Å². The summed E-state index contributed by atoms with van der Waals surface area (Å²) in [6.07, 6.45) is 2.78. The Morgan fingerprint density at radius 2 is 2.27 bits per heavy atom. The number of carbonyl (C=O) groups excluding carboxylic acids is 1. The van der Waals surface area contributed by atoms with E-state index in [2.05, 4.69) is 24.3 Å². The lowest BCUT2D eigenvalue weighted by atomic mass is 10.1. The predicted molar refractivity (Wildman–Crippen MR) is 87.2 cm³/mol. The molecular formula is C16H28N4O2. The van der Waals surface area contributed by atoms with Crippen molar-refractivity contribution in [3.63, 3.8) is 0 Å². The van der Waals surface area contributed by atoms with Crippen LogP contribution in [0.2, 0.25) is 0 Å². The normalized spacial score (nSPS) is 22.5. The molecule has 2 rings (SSSR count). The van der Waals surface area contributed by atoms with Gasteiger partial charge in [-0.3, -0.25) is 4.68 Å². The lowest BCUT2D eigenvalue weighted by molar-refractivity contribution is -0.116. The first-order valence-electron chi connectivity index (χ1n) is 8.01. The number of rotatable bonds is 3. The zero-order chi connectivity index (χ0) is 16.5. The van der Waals surface area contributed by atoms with Crippen molar-refractivity contribution in [1.82, 2.24) is 14.7 Å². The van der Waals surface area contributed by atoms with Crippen molar-refractivity contribution in [3.05, 3.63) is 11.9 Å². The molecule has 0 saturated carbocycles. The Bertz CT molecular complexity index is 538. The molecule has 2 unspecified atom stereocenters. The highest BCUT2D eigenvalue weighted by atomic mass is 16.5. The zero-order valence-electron chi connectivity index (χ0n) is 14.5. The van der Waals surface area contributed by atoms with Gasteiger partial charge in [-0.05, 0) is 41.0 Å². The van der Waals surface area contributed by atoms with E-state index in [0.29, 0.717) is 19.1 Å². The molecule has 1 N–H and O–H groups in total. The number of nitrogens with zero attached hydrogens (tertiary/aromatic N) is 3. The van der Waals surface area contributed by atoms with Crippen LogP contribution in [0.3, 0.4) is 0 Å². The number of anilines is 1. The van der Waals surface area contributed by atoms with E-state index in [4.69, 9.17) is 4.74 Å². The molecule has 2 heterocycles. The number of aromatic nitrogens is 2. The molecule has 2 amide bonds. The lowest BCUT2D eigenvalue weighted by Gasteiger charge is -2.41. The summed E-state index contributed by atoms with van der Waals surface area (Å²) < 4.78 is 7.80. The summed E-state index contributed by atoms with van der Waals surface area (Å²) in [6, 6.07) is 0.239. The molecule has 0 radical (unpaired) electrons. The van der Waals surface area contributed by atoms with Gasteiger partial charge in [-0.15, -0.1) is 0 Å².